The lowest BCUT2D eigenvalue weighted by molar-refractivity contribution is 0.0935. The van der Waals surface area contributed by atoms with Crippen molar-refractivity contribution >= 4 is 28.6 Å². The summed E-state index contributed by atoms with van der Waals surface area (Å²) in [6.07, 6.45) is 4.65. The fraction of sp³-hybridized carbons (Fsp3) is 0.172. The minimum atomic E-state index is -1.02. The largest absolute Gasteiger partial charge is 0.383 e. The van der Waals surface area contributed by atoms with Crippen molar-refractivity contribution in [3.05, 3.63) is 95.3 Å². The number of nitrogen functional groups attached to an aromatic ring is 1. The second kappa shape index (κ2) is 11.0. The number of carbonyl (C=O) groups is 1. The molecule has 0 bridgehead atoms. The Labute approximate surface area is 233 Å². The van der Waals surface area contributed by atoms with Crippen molar-refractivity contribution in [2.45, 2.75) is 25.9 Å². The predicted molar refractivity (Wildman–Crippen MR) is 149 cm³/mol. The molecule has 3 aromatic heterocycles. The van der Waals surface area contributed by atoms with Crippen molar-refractivity contribution in [1.82, 2.24) is 29.8 Å². The third kappa shape index (κ3) is 5.38. The summed E-state index contributed by atoms with van der Waals surface area (Å²) in [4.78, 5) is 30.0. The number of anilines is 2. The van der Waals surface area contributed by atoms with Gasteiger partial charge in [0.2, 0.25) is 0 Å². The Kier molecular flexibility index (Phi) is 7.26. The van der Waals surface area contributed by atoms with E-state index in [0.29, 0.717) is 11.4 Å². The smallest absolute Gasteiger partial charge is 0.274 e. The van der Waals surface area contributed by atoms with Crippen LogP contribution in [-0.4, -0.2) is 30.4 Å². The van der Waals surface area contributed by atoms with Gasteiger partial charge in [0.25, 0.3) is 5.91 Å². The number of nitrogens with two attached hydrogens (primary N) is 1. The minimum Gasteiger partial charge on any atom is -0.383 e. The van der Waals surface area contributed by atoms with Gasteiger partial charge in [0, 0.05) is 18.8 Å². The zero-order valence-electron chi connectivity index (χ0n) is 22.4. The van der Waals surface area contributed by atoms with Crippen molar-refractivity contribution in [3.63, 3.8) is 0 Å². The molecule has 5 rings (SSSR count). The molecule has 3 heterocycles. The zero-order valence-corrected chi connectivity index (χ0v) is 22.4. The highest BCUT2D eigenvalue weighted by Crippen LogP contribution is 2.33. The number of amides is 1. The predicted octanol–water partition coefficient (Wildman–Crippen LogP) is 4.82. The normalized spacial score (nSPS) is 12.5. The molecule has 0 saturated heterocycles. The summed E-state index contributed by atoms with van der Waals surface area (Å²) in [6.45, 7) is 3.52. The van der Waals surface area contributed by atoms with Crippen molar-refractivity contribution < 1.29 is 13.6 Å². The molecule has 1 amide bonds. The number of halogens is 2. The highest BCUT2D eigenvalue weighted by Gasteiger charge is 2.21. The van der Waals surface area contributed by atoms with E-state index in [0.717, 1.165) is 39.9 Å². The fourth-order valence-electron chi connectivity index (χ4n) is 4.53. The Bertz CT molecular complexity index is 1810. The summed E-state index contributed by atoms with van der Waals surface area (Å²) < 4.78 is 28.9. The molecule has 12 heteroatoms. The second-order valence-corrected chi connectivity index (χ2v) is 9.53. The van der Waals surface area contributed by atoms with Crippen LogP contribution in [-0.2, 0) is 7.05 Å². The molecule has 0 aliphatic carbocycles. The molecule has 2 atom stereocenters. The standard InChI is InChI=1S/C29H25F2N9O/c1-15(17-4-6-18(7-5-17)21-13-40(3)28-24(21)26(33)35-14-36-28)37-27-25(39-20(11-32)12-34-27)29(41)38-16(2)19-8-9-22(30)23(31)10-19/h4-10,12-16H,1-3H3,(H,34,37)(H,38,41)(H2,33,35,36)/t15-,16+/m1/s1. The first-order valence-electron chi connectivity index (χ1n) is 12.6. The van der Waals surface area contributed by atoms with E-state index in [1.54, 1.807) is 6.92 Å². The molecule has 41 heavy (non-hydrogen) atoms. The van der Waals surface area contributed by atoms with E-state index in [-0.39, 0.29) is 23.2 Å². The molecule has 0 spiro atoms. The van der Waals surface area contributed by atoms with Crippen LogP contribution in [0.3, 0.4) is 0 Å². The van der Waals surface area contributed by atoms with Gasteiger partial charge in [-0.15, -0.1) is 0 Å². The van der Waals surface area contributed by atoms with Crippen LogP contribution in [0.1, 0.15) is 53.2 Å². The van der Waals surface area contributed by atoms with Crippen LogP contribution in [0.4, 0.5) is 20.4 Å². The van der Waals surface area contributed by atoms with Gasteiger partial charge in [0.1, 0.15) is 23.9 Å². The van der Waals surface area contributed by atoms with Gasteiger partial charge < -0.3 is 20.9 Å². The maximum atomic E-state index is 13.7. The number of benzene rings is 2. The van der Waals surface area contributed by atoms with E-state index < -0.39 is 23.6 Å². The third-order valence-electron chi connectivity index (χ3n) is 6.75. The van der Waals surface area contributed by atoms with Crippen LogP contribution in [0.5, 0.6) is 0 Å². The number of nitriles is 1. The lowest BCUT2D eigenvalue weighted by Crippen LogP contribution is -2.29. The minimum absolute atomic E-state index is 0.0449. The van der Waals surface area contributed by atoms with Gasteiger partial charge in [-0.2, -0.15) is 5.26 Å². The molecule has 5 aromatic rings. The summed E-state index contributed by atoms with van der Waals surface area (Å²) in [6, 6.07) is 12.1. The lowest BCUT2D eigenvalue weighted by atomic mass is 10.0. The van der Waals surface area contributed by atoms with Crippen LogP contribution in [0.15, 0.2) is 61.2 Å². The van der Waals surface area contributed by atoms with E-state index in [1.165, 1.54) is 18.6 Å². The van der Waals surface area contributed by atoms with Gasteiger partial charge in [-0.25, -0.2) is 28.7 Å². The number of aryl methyl sites for hydroxylation is 1. The molecule has 0 aliphatic heterocycles. The SMILES string of the molecule is C[C@H](NC(=O)c1nc(C#N)cnc1N[C@H](C)c1ccc(-c2cn(C)c3ncnc(N)c23)cc1)c1ccc(F)c(F)c1. The summed E-state index contributed by atoms with van der Waals surface area (Å²) in [5.74, 6) is -2.08. The number of nitrogens with zero attached hydrogens (tertiary/aromatic N) is 6. The van der Waals surface area contributed by atoms with E-state index in [2.05, 4.69) is 30.6 Å². The Morgan fingerprint density at radius 2 is 1.76 bits per heavy atom. The van der Waals surface area contributed by atoms with Crippen LogP contribution >= 0.6 is 0 Å². The maximum Gasteiger partial charge on any atom is 0.274 e. The van der Waals surface area contributed by atoms with E-state index in [4.69, 9.17) is 5.73 Å². The first-order valence-corrected chi connectivity index (χ1v) is 12.6. The number of hydrogen-bond acceptors (Lipinski definition) is 8. The summed E-state index contributed by atoms with van der Waals surface area (Å²) in [5.41, 5.74) is 9.81. The van der Waals surface area contributed by atoms with Crippen molar-refractivity contribution in [3.8, 4) is 17.2 Å². The second-order valence-electron chi connectivity index (χ2n) is 9.53. The molecule has 0 aliphatic rings. The average Bonchev–Trinajstić information content (AvgIpc) is 3.32. The van der Waals surface area contributed by atoms with Gasteiger partial charge >= 0.3 is 0 Å². The monoisotopic (exact) mass is 553 g/mol. The van der Waals surface area contributed by atoms with E-state index >= 15 is 0 Å². The average molecular weight is 554 g/mol. The Balaban J connectivity index is 1.37. The Hall–Kier alpha value is -5.44. The van der Waals surface area contributed by atoms with Gasteiger partial charge in [0.15, 0.2) is 28.8 Å². The number of carbonyl (C=O) groups excluding carboxylic acids is 1. The number of aromatic nitrogens is 5. The van der Waals surface area contributed by atoms with Crippen molar-refractivity contribution in [1.29, 1.82) is 5.26 Å². The molecule has 0 radical (unpaired) electrons. The highest BCUT2D eigenvalue weighted by atomic mass is 19.2. The van der Waals surface area contributed by atoms with Crippen LogP contribution in [0.2, 0.25) is 0 Å². The van der Waals surface area contributed by atoms with E-state index in [1.807, 2.05) is 55.1 Å². The van der Waals surface area contributed by atoms with Gasteiger partial charge in [0.05, 0.1) is 23.7 Å². The van der Waals surface area contributed by atoms with Crippen LogP contribution < -0.4 is 16.4 Å². The first-order chi connectivity index (χ1) is 19.7. The molecule has 10 nitrogen and oxygen atoms in total. The quantitative estimate of drug-likeness (QED) is 0.260. The molecular weight excluding hydrogens is 528 g/mol. The first kappa shape index (κ1) is 27.1. The van der Waals surface area contributed by atoms with Gasteiger partial charge in [-0.05, 0) is 42.7 Å². The molecular formula is C29H25F2N9O. The summed E-state index contributed by atoms with van der Waals surface area (Å²) >= 11 is 0. The van der Waals surface area contributed by atoms with Crippen LogP contribution in [0.25, 0.3) is 22.2 Å². The van der Waals surface area contributed by atoms with E-state index in [9.17, 15) is 18.8 Å². The molecule has 206 valence electrons. The van der Waals surface area contributed by atoms with Crippen molar-refractivity contribution in [2.75, 3.05) is 11.1 Å². The number of nitrogens with one attached hydrogen (secondary N) is 2. The van der Waals surface area contributed by atoms with Gasteiger partial charge in [-0.1, -0.05) is 30.3 Å². The van der Waals surface area contributed by atoms with Gasteiger partial charge in [-0.3, -0.25) is 4.79 Å². The molecule has 4 N–H and O–H groups in total. The Morgan fingerprint density at radius 1 is 1.02 bits per heavy atom. The molecule has 0 unspecified atom stereocenters. The summed E-state index contributed by atoms with van der Waals surface area (Å²) in [5, 5.41) is 16.0. The Morgan fingerprint density at radius 3 is 2.46 bits per heavy atom. The topological polar surface area (TPSA) is 147 Å². The zero-order chi connectivity index (χ0) is 29.3. The molecule has 2 aromatic carbocycles. The molecule has 0 saturated carbocycles. The highest BCUT2D eigenvalue weighted by molar-refractivity contribution is 6.00. The number of rotatable bonds is 7. The third-order valence-corrected chi connectivity index (χ3v) is 6.75. The lowest BCUT2D eigenvalue weighted by Gasteiger charge is -2.19. The van der Waals surface area contributed by atoms with Crippen LogP contribution in [0, 0.1) is 23.0 Å². The number of hydrogen-bond donors (Lipinski definition) is 3. The molecule has 0 fully saturated rings. The van der Waals surface area contributed by atoms with Crippen molar-refractivity contribution in [2.24, 2.45) is 7.05 Å². The maximum absolute atomic E-state index is 13.7. The number of fused-ring (bicyclic) bond motifs is 1. The fourth-order valence-corrected chi connectivity index (χ4v) is 4.53. The summed E-state index contributed by atoms with van der Waals surface area (Å²) in [7, 11) is 1.89.